The third-order valence-corrected chi connectivity index (χ3v) is 12.6. The van der Waals surface area contributed by atoms with E-state index >= 15 is 0 Å². The van der Waals surface area contributed by atoms with Crippen molar-refractivity contribution in [1.82, 2.24) is 0 Å². The molecule has 0 fully saturated rings. The van der Waals surface area contributed by atoms with Gasteiger partial charge in [-0.15, -0.1) is 0 Å². The van der Waals surface area contributed by atoms with Gasteiger partial charge in [0.1, 0.15) is 11.2 Å². The normalized spacial score (nSPS) is 14.4. The van der Waals surface area contributed by atoms with Crippen molar-refractivity contribution in [3.05, 3.63) is 210 Å². The Bertz CT molecular complexity index is 2920. The average Bonchev–Trinajstić information content (AvgIpc) is 3.82. The fourth-order valence-corrected chi connectivity index (χ4v) is 9.69. The minimum atomic E-state index is -0.262. The molecule has 2 nitrogen and oxygen atoms in total. The molecule has 1 heterocycles. The first-order chi connectivity index (χ1) is 26.9. The summed E-state index contributed by atoms with van der Waals surface area (Å²) in [6.45, 7) is 7.06. The molecule has 0 N–H and O–H groups in total. The van der Waals surface area contributed by atoms with Gasteiger partial charge in [-0.1, -0.05) is 135 Å². The molecule has 0 bridgehead atoms. The molecule has 2 heteroatoms. The Hall–Kier alpha value is -6.64. The van der Waals surface area contributed by atoms with Crippen molar-refractivity contribution < 1.29 is 4.42 Å². The first-order valence-electron chi connectivity index (χ1n) is 19.3. The summed E-state index contributed by atoms with van der Waals surface area (Å²) in [4.78, 5) is 2.37. The molecule has 0 spiro atoms. The Kier molecular flexibility index (Phi) is 6.76. The van der Waals surface area contributed by atoms with Crippen molar-refractivity contribution in [2.75, 3.05) is 4.90 Å². The molecular weight excluding hydrogens is 667 g/mol. The molecule has 0 atom stereocenters. The van der Waals surface area contributed by atoms with Crippen molar-refractivity contribution >= 4 is 39.0 Å². The number of rotatable bonds is 5. The Morgan fingerprint density at radius 1 is 0.382 bits per heavy atom. The minimum absolute atomic E-state index is 0.0748. The molecule has 1 aromatic heterocycles. The Balaban J connectivity index is 0.983. The second kappa shape index (κ2) is 11.7. The number of nitrogens with zero attached hydrogens (tertiary/aromatic N) is 1. The lowest BCUT2D eigenvalue weighted by Gasteiger charge is -2.28. The predicted molar refractivity (Wildman–Crippen MR) is 229 cm³/mol. The second-order valence-electron chi connectivity index (χ2n) is 15.9. The fraction of sp³-hybridized carbons (Fsp3) is 0.0943. The molecule has 0 saturated carbocycles. The molecule has 0 radical (unpaired) electrons. The first kappa shape index (κ1) is 31.8. The van der Waals surface area contributed by atoms with Gasteiger partial charge in [0.2, 0.25) is 0 Å². The first-order valence-corrected chi connectivity index (χ1v) is 19.3. The van der Waals surface area contributed by atoms with Crippen LogP contribution >= 0.6 is 0 Å². The third kappa shape index (κ3) is 4.61. The van der Waals surface area contributed by atoms with Gasteiger partial charge in [-0.2, -0.15) is 0 Å². The van der Waals surface area contributed by atoms with Crippen LogP contribution in [0.5, 0.6) is 0 Å². The third-order valence-electron chi connectivity index (χ3n) is 12.6. The number of hydrogen-bond acceptors (Lipinski definition) is 2. The number of furan rings is 1. The molecule has 2 aliphatic rings. The van der Waals surface area contributed by atoms with Crippen LogP contribution in [0.15, 0.2) is 186 Å². The van der Waals surface area contributed by atoms with Gasteiger partial charge in [-0.25, -0.2) is 0 Å². The van der Waals surface area contributed by atoms with Crippen LogP contribution in [0.4, 0.5) is 17.1 Å². The topological polar surface area (TPSA) is 16.4 Å². The standard InChI is InChI=1S/C53H39NO/c1-52(2)46-18-10-7-15-40(46)43-28-27-39(33-49(43)52)54(37-13-5-4-6-14-37)38-25-21-34(22-26-38)35-23-29-50-44(31-35)45-32-36(24-30-51(45)55-50)53(3)47-19-11-8-16-41(47)42-17-9-12-20-48(42)53/h4-33H,1-3H3. The van der Waals surface area contributed by atoms with Crippen LogP contribution in [-0.2, 0) is 10.8 Å². The molecule has 0 amide bonds. The van der Waals surface area contributed by atoms with E-state index in [2.05, 4.69) is 208 Å². The van der Waals surface area contributed by atoms with E-state index in [0.717, 1.165) is 39.0 Å². The summed E-state index contributed by atoms with van der Waals surface area (Å²) >= 11 is 0. The van der Waals surface area contributed by atoms with Gasteiger partial charge in [0.15, 0.2) is 0 Å². The van der Waals surface area contributed by atoms with Crippen LogP contribution in [-0.4, -0.2) is 0 Å². The number of benzene rings is 8. The number of anilines is 3. The van der Waals surface area contributed by atoms with Crippen LogP contribution in [0.25, 0.3) is 55.3 Å². The zero-order chi connectivity index (χ0) is 36.9. The molecular formula is C53H39NO. The quantitative estimate of drug-likeness (QED) is 0.177. The van der Waals surface area contributed by atoms with Gasteiger partial charge in [0.05, 0.1) is 0 Å². The zero-order valence-electron chi connectivity index (χ0n) is 31.2. The largest absolute Gasteiger partial charge is 0.456 e. The second-order valence-corrected chi connectivity index (χ2v) is 15.9. The van der Waals surface area contributed by atoms with Crippen molar-refractivity contribution in [3.8, 4) is 33.4 Å². The van der Waals surface area contributed by atoms with Crippen molar-refractivity contribution in [2.45, 2.75) is 31.6 Å². The summed E-state index contributed by atoms with van der Waals surface area (Å²) in [5.74, 6) is 0. The van der Waals surface area contributed by atoms with E-state index in [-0.39, 0.29) is 10.8 Å². The number of para-hydroxylation sites is 1. The van der Waals surface area contributed by atoms with Gasteiger partial charge < -0.3 is 9.32 Å². The smallest absolute Gasteiger partial charge is 0.135 e. The highest BCUT2D eigenvalue weighted by molar-refractivity contribution is 6.07. The Morgan fingerprint density at radius 2 is 0.891 bits per heavy atom. The molecule has 0 saturated heterocycles. The summed E-state index contributed by atoms with van der Waals surface area (Å²) in [5, 5.41) is 2.28. The van der Waals surface area contributed by atoms with Gasteiger partial charge in [0, 0.05) is 38.7 Å². The lowest BCUT2D eigenvalue weighted by molar-refractivity contribution is 0.660. The van der Waals surface area contributed by atoms with E-state index in [1.807, 2.05) is 0 Å². The van der Waals surface area contributed by atoms with Crippen LogP contribution in [0, 0.1) is 0 Å². The van der Waals surface area contributed by atoms with Crippen molar-refractivity contribution in [2.24, 2.45) is 0 Å². The zero-order valence-corrected chi connectivity index (χ0v) is 31.2. The summed E-state index contributed by atoms with van der Waals surface area (Å²) in [5.41, 5.74) is 19.2. The monoisotopic (exact) mass is 705 g/mol. The average molecular weight is 706 g/mol. The van der Waals surface area contributed by atoms with Crippen molar-refractivity contribution in [1.29, 1.82) is 0 Å². The molecule has 9 aromatic rings. The Labute approximate surface area is 322 Å². The van der Waals surface area contributed by atoms with E-state index in [4.69, 9.17) is 4.42 Å². The van der Waals surface area contributed by atoms with Crippen LogP contribution in [0.2, 0.25) is 0 Å². The van der Waals surface area contributed by atoms with E-state index in [1.54, 1.807) is 0 Å². The molecule has 8 aromatic carbocycles. The minimum Gasteiger partial charge on any atom is -0.456 e. The van der Waals surface area contributed by atoms with Gasteiger partial charge in [0.25, 0.3) is 0 Å². The highest BCUT2D eigenvalue weighted by Crippen LogP contribution is 2.53. The SMILES string of the molecule is CC1(C)c2ccccc2-c2ccc(N(c3ccccc3)c3ccc(-c4ccc5oc6ccc(C7(C)c8ccccc8-c8ccccc87)cc6c5c4)cc3)cc21. The molecule has 11 rings (SSSR count). The van der Waals surface area contributed by atoms with Crippen LogP contribution in [0.1, 0.15) is 48.6 Å². The van der Waals surface area contributed by atoms with E-state index in [9.17, 15) is 0 Å². The lowest BCUT2D eigenvalue weighted by Crippen LogP contribution is -2.22. The van der Waals surface area contributed by atoms with E-state index < -0.39 is 0 Å². The molecule has 0 aliphatic heterocycles. The van der Waals surface area contributed by atoms with Crippen LogP contribution in [0.3, 0.4) is 0 Å². The summed E-state index contributed by atoms with van der Waals surface area (Å²) < 4.78 is 6.44. The van der Waals surface area contributed by atoms with Gasteiger partial charge in [-0.05, 0) is 129 Å². The Morgan fingerprint density at radius 3 is 1.58 bits per heavy atom. The highest BCUT2D eigenvalue weighted by Gasteiger charge is 2.41. The van der Waals surface area contributed by atoms with Crippen LogP contribution < -0.4 is 4.90 Å². The lowest BCUT2D eigenvalue weighted by atomic mass is 9.74. The number of hydrogen-bond donors (Lipinski definition) is 0. The predicted octanol–water partition coefficient (Wildman–Crippen LogP) is 14.4. The van der Waals surface area contributed by atoms with E-state index in [0.29, 0.717) is 0 Å². The molecule has 262 valence electrons. The van der Waals surface area contributed by atoms with Gasteiger partial charge >= 0.3 is 0 Å². The molecule has 55 heavy (non-hydrogen) atoms. The van der Waals surface area contributed by atoms with Gasteiger partial charge in [-0.3, -0.25) is 0 Å². The fourth-order valence-electron chi connectivity index (χ4n) is 9.69. The highest BCUT2D eigenvalue weighted by atomic mass is 16.3. The summed E-state index contributed by atoms with van der Waals surface area (Å²) in [7, 11) is 0. The van der Waals surface area contributed by atoms with E-state index in [1.165, 1.54) is 61.2 Å². The summed E-state index contributed by atoms with van der Waals surface area (Å²) in [6, 6.07) is 66.6. The molecule has 2 aliphatic carbocycles. The maximum atomic E-state index is 6.44. The maximum Gasteiger partial charge on any atom is 0.135 e. The molecule has 0 unspecified atom stereocenters. The number of fused-ring (bicyclic) bond motifs is 9. The van der Waals surface area contributed by atoms with Crippen molar-refractivity contribution in [3.63, 3.8) is 0 Å². The summed E-state index contributed by atoms with van der Waals surface area (Å²) in [6.07, 6.45) is 0. The maximum absolute atomic E-state index is 6.44.